The normalized spacial score (nSPS) is 10.1. The van der Waals surface area contributed by atoms with Gasteiger partial charge in [0.15, 0.2) is 0 Å². The van der Waals surface area contributed by atoms with Gasteiger partial charge in [-0.1, -0.05) is 17.7 Å². The van der Waals surface area contributed by atoms with Gasteiger partial charge in [0.1, 0.15) is 5.75 Å². The molecule has 0 aliphatic rings. The Balaban J connectivity index is 0.000000791. The van der Waals surface area contributed by atoms with E-state index in [0.29, 0.717) is 0 Å². The maximum Gasteiger partial charge on any atom is 0.573 e. The van der Waals surface area contributed by atoms with Crippen LogP contribution in [0.4, 0.5) is 13.2 Å². The van der Waals surface area contributed by atoms with E-state index in [-0.39, 0.29) is 5.75 Å². The predicted octanol–water partition coefficient (Wildman–Crippen LogP) is 3.44. The highest BCUT2D eigenvalue weighted by Gasteiger charge is 2.30. The molecule has 1 aromatic rings. The third-order valence-electron chi connectivity index (χ3n) is 1.25. The monoisotopic (exact) mass is 224 g/mol. The van der Waals surface area contributed by atoms with Crippen LogP contribution < -0.4 is 4.74 Å². The zero-order valence-corrected chi connectivity index (χ0v) is 8.69. The lowest BCUT2D eigenvalue weighted by Crippen LogP contribution is -2.16. The number of hydrogen-bond donors (Lipinski definition) is 1. The summed E-state index contributed by atoms with van der Waals surface area (Å²) in [4.78, 5) is 0. The van der Waals surface area contributed by atoms with E-state index in [4.69, 9.17) is 0 Å². The fourth-order valence-corrected chi connectivity index (χ4v) is 0.740. The third kappa shape index (κ3) is 5.75. The van der Waals surface area contributed by atoms with Crippen molar-refractivity contribution in [3.8, 4) is 5.75 Å². The van der Waals surface area contributed by atoms with Crippen LogP contribution in [0.2, 0.25) is 0 Å². The lowest BCUT2D eigenvalue weighted by molar-refractivity contribution is -0.274. The number of benzene rings is 1. The first kappa shape index (κ1) is 13.2. The van der Waals surface area contributed by atoms with E-state index in [1.807, 2.05) is 0 Å². The van der Waals surface area contributed by atoms with Crippen LogP contribution in [0.15, 0.2) is 24.3 Å². The Labute approximate surface area is 86.3 Å². The van der Waals surface area contributed by atoms with Gasteiger partial charge in [-0.05, 0) is 25.3 Å². The number of halogens is 3. The van der Waals surface area contributed by atoms with Crippen molar-refractivity contribution in [1.29, 1.82) is 0 Å². The number of hydrogen-bond acceptors (Lipinski definition) is 2. The first-order chi connectivity index (χ1) is 6.47. The highest BCUT2D eigenvalue weighted by Crippen LogP contribution is 2.22. The number of thiol groups is 1. The summed E-state index contributed by atoms with van der Waals surface area (Å²) >= 11 is 3.53. The van der Waals surface area contributed by atoms with Gasteiger partial charge in [0.25, 0.3) is 0 Å². The molecule has 0 heterocycles. The molecular weight excluding hydrogens is 213 g/mol. The molecule has 0 atom stereocenters. The molecule has 0 unspecified atom stereocenters. The second-order valence-corrected chi connectivity index (χ2v) is 2.36. The van der Waals surface area contributed by atoms with Crippen LogP contribution in [-0.2, 0) is 0 Å². The SMILES string of the molecule is CS.Cc1ccc(OC(F)(F)F)cc1. The van der Waals surface area contributed by atoms with Crippen molar-refractivity contribution in [3.05, 3.63) is 29.8 Å². The van der Waals surface area contributed by atoms with Crippen molar-refractivity contribution in [2.24, 2.45) is 0 Å². The minimum absolute atomic E-state index is 0.187. The smallest absolute Gasteiger partial charge is 0.406 e. The molecule has 0 bridgehead atoms. The summed E-state index contributed by atoms with van der Waals surface area (Å²) in [5, 5.41) is 0. The molecule has 0 aliphatic heterocycles. The molecule has 1 rings (SSSR count). The van der Waals surface area contributed by atoms with Crippen molar-refractivity contribution in [3.63, 3.8) is 0 Å². The van der Waals surface area contributed by atoms with Crippen molar-refractivity contribution in [2.75, 3.05) is 6.26 Å². The molecule has 0 aliphatic carbocycles. The Kier molecular flexibility index (Phi) is 5.45. The summed E-state index contributed by atoms with van der Waals surface area (Å²) in [6.45, 7) is 1.79. The summed E-state index contributed by atoms with van der Waals surface area (Å²) in [5.41, 5.74) is 0.893. The second kappa shape index (κ2) is 5.80. The average molecular weight is 224 g/mol. The van der Waals surface area contributed by atoms with E-state index >= 15 is 0 Å². The molecule has 80 valence electrons. The van der Waals surface area contributed by atoms with Crippen molar-refractivity contribution < 1.29 is 17.9 Å². The molecule has 0 spiro atoms. The molecule has 0 saturated carbocycles. The second-order valence-electron chi connectivity index (χ2n) is 2.36. The maximum atomic E-state index is 11.6. The first-order valence-corrected chi connectivity index (χ1v) is 4.64. The van der Waals surface area contributed by atoms with Gasteiger partial charge >= 0.3 is 6.36 Å². The van der Waals surface area contributed by atoms with Gasteiger partial charge in [-0.25, -0.2) is 0 Å². The molecule has 0 aromatic heterocycles. The summed E-state index contributed by atoms with van der Waals surface area (Å²) < 4.78 is 38.5. The van der Waals surface area contributed by atoms with Crippen LogP contribution in [0, 0.1) is 6.92 Å². The van der Waals surface area contributed by atoms with Crippen LogP contribution in [0.25, 0.3) is 0 Å². The van der Waals surface area contributed by atoms with E-state index in [1.165, 1.54) is 12.1 Å². The average Bonchev–Trinajstić information content (AvgIpc) is 2.10. The molecule has 5 heteroatoms. The lowest BCUT2D eigenvalue weighted by Gasteiger charge is -2.08. The van der Waals surface area contributed by atoms with Gasteiger partial charge < -0.3 is 4.74 Å². The number of ether oxygens (including phenoxy) is 1. The summed E-state index contributed by atoms with van der Waals surface area (Å²) in [6.07, 6.45) is -2.91. The van der Waals surface area contributed by atoms with Gasteiger partial charge in [-0.2, -0.15) is 12.6 Å². The molecule has 0 radical (unpaired) electrons. The van der Waals surface area contributed by atoms with E-state index in [1.54, 1.807) is 25.3 Å². The molecule has 0 N–H and O–H groups in total. The molecule has 0 amide bonds. The van der Waals surface area contributed by atoms with Gasteiger partial charge in [0.2, 0.25) is 0 Å². The van der Waals surface area contributed by atoms with E-state index in [2.05, 4.69) is 17.4 Å². The minimum atomic E-state index is -4.60. The summed E-state index contributed by atoms with van der Waals surface area (Å²) in [7, 11) is 0. The van der Waals surface area contributed by atoms with Crippen LogP contribution in [-0.4, -0.2) is 12.6 Å². The maximum absolute atomic E-state index is 11.6. The predicted molar refractivity (Wildman–Crippen MR) is 52.8 cm³/mol. The lowest BCUT2D eigenvalue weighted by atomic mass is 10.2. The zero-order chi connectivity index (χ0) is 11.2. The first-order valence-electron chi connectivity index (χ1n) is 3.74. The molecule has 0 fully saturated rings. The van der Waals surface area contributed by atoms with E-state index < -0.39 is 6.36 Å². The van der Waals surface area contributed by atoms with Crippen molar-refractivity contribution in [1.82, 2.24) is 0 Å². The van der Waals surface area contributed by atoms with Crippen LogP contribution in [0.1, 0.15) is 5.56 Å². The van der Waals surface area contributed by atoms with Gasteiger partial charge in [-0.15, -0.1) is 13.2 Å². The van der Waals surface area contributed by atoms with Gasteiger partial charge in [0, 0.05) is 0 Å². The summed E-state index contributed by atoms with van der Waals surface area (Å²) in [6, 6.07) is 5.67. The van der Waals surface area contributed by atoms with Gasteiger partial charge in [-0.3, -0.25) is 0 Å². The topological polar surface area (TPSA) is 9.23 Å². The Hall–Kier alpha value is -0.840. The van der Waals surface area contributed by atoms with Crippen LogP contribution in [0.5, 0.6) is 5.75 Å². The summed E-state index contributed by atoms with van der Waals surface area (Å²) in [5.74, 6) is -0.187. The third-order valence-corrected chi connectivity index (χ3v) is 1.25. The number of aryl methyl sites for hydroxylation is 1. The number of rotatable bonds is 1. The van der Waals surface area contributed by atoms with E-state index in [9.17, 15) is 13.2 Å². The highest BCUT2D eigenvalue weighted by molar-refractivity contribution is 7.79. The Morgan fingerprint density at radius 2 is 1.50 bits per heavy atom. The largest absolute Gasteiger partial charge is 0.573 e. The standard InChI is InChI=1S/C8H7F3O.CH4S/c1-6-2-4-7(5-3-6)12-8(9,10)11;1-2/h2-5H,1H3;2H,1H3. The fraction of sp³-hybridized carbons (Fsp3) is 0.333. The zero-order valence-electron chi connectivity index (χ0n) is 7.80. The fourth-order valence-electron chi connectivity index (χ4n) is 0.740. The molecular formula is C9H11F3OS. The van der Waals surface area contributed by atoms with Crippen LogP contribution in [0.3, 0.4) is 0 Å². The van der Waals surface area contributed by atoms with Crippen molar-refractivity contribution in [2.45, 2.75) is 13.3 Å². The van der Waals surface area contributed by atoms with E-state index in [0.717, 1.165) is 5.56 Å². The van der Waals surface area contributed by atoms with Gasteiger partial charge in [0.05, 0.1) is 0 Å². The molecule has 1 nitrogen and oxygen atoms in total. The highest BCUT2D eigenvalue weighted by atomic mass is 32.1. The Bertz CT molecular complexity index is 256. The number of alkyl halides is 3. The molecule has 1 aromatic carbocycles. The van der Waals surface area contributed by atoms with Crippen molar-refractivity contribution >= 4 is 12.6 Å². The van der Waals surface area contributed by atoms with Crippen LogP contribution >= 0.6 is 12.6 Å². The Morgan fingerprint density at radius 3 is 1.86 bits per heavy atom. The minimum Gasteiger partial charge on any atom is -0.406 e. The Morgan fingerprint density at radius 1 is 1.07 bits per heavy atom. The molecule has 14 heavy (non-hydrogen) atoms. The quantitative estimate of drug-likeness (QED) is 0.719. The molecule has 0 saturated heterocycles.